The van der Waals surface area contributed by atoms with E-state index in [2.05, 4.69) is 68.8 Å². The maximum Gasteiger partial charge on any atom is 0.130 e. The van der Waals surface area contributed by atoms with E-state index in [1.807, 2.05) is 0 Å². The number of unbranched alkanes of at least 4 members (excludes halogenated alkanes) is 11. The summed E-state index contributed by atoms with van der Waals surface area (Å²) >= 11 is 0. The zero-order chi connectivity index (χ0) is 26.9. The lowest BCUT2D eigenvalue weighted by molar-refractivity contribution is -0.112. The van der Waals surface area contributed by atoms with Crippen LogP contribution in [0.2, 0.25) is 0 Å². The van der Waals surface area contributed by atoms with Gasteiger partial charge in [-0.3, -0.25) is 0 Å². The van der Waals surface area contributed by atoms with E-state index in [0.29, 0.717) is 0 Å². The molecule has 1 aliphatic carbocycles. The normalized spacial score (nSPS) is 19.4. The van der Waals surface area contributed by atoms with Crippen LogP contribution in [0.25, 0.3) is 11.1 Å². The Bertz CT molecular complexity index is 875. The molecule has 2 unspecified atom stereocenters. The van der Waals surface area contributed by atoms with Crippen molar-refractivity contribution >= 4 is 6.29 Å². The molecule has 0 N–H and O–H groups in total. The van der Waals surface area contributed by atoms with Gasteiger partial charge >= 0.3 is 0 Å². The van der Waals surface area contributed by atoms with Crippen LogP contribution in [-0.4, -0.2) is 12.9 Å². The Kier molecular flexibility index (Phi) is 14.0. The molecular weight excluding hydrogens is 464 g/mol. The second-order valence-electron chi connectivity index (χ2n) is 11.6. The highest BCUT2D eigenvalue weighted by molar-refractivity contribution is 5.73. The number of carbonyl (C=O) groups excluding carboxylic acids is 1. The highest BCUT2D eigenvalue weighted by Gasteiger charge is 2.36. The van der Waals surface area contributed by atoms with Crippen LogP contribution in [0.5, 0.6) is 5.75 Å². The van der Waals surface area contributed by atoms with Gasteiger partial charge in [-0.05, 0) is 66.8 Å². The summed E-state index contributed by atoms with van der Waals surface area (Å²) in [4.78, 5) is 12.3. The minimum atomic E-state index is -0.412. The van der Waals surface area contributed by atoms with E-state index in [1.165, 1.54) is 101 Å². The van der Waals surface area contributed by atoms with Crippen LogP contribution in [0.15, 0.2) is 48.5 Å². The molecule has 0 saturated heterocycles. The molecule has 1 fully saturated rings. The number of benzene rings is 2. The van der Waals surface area contributed by atoms with Gasteiger partial charge < -0.3 is 9.53 Å². The summed E-state index contributed by atoms with van der Waals surface area (Å²) in [5, 5.41) is 0. The predicted molar refractivity (Wildman–Crippen MR) is 163 cm³/mol. The minimum absolute atomic E-state index is 0.412. The van der Waals surface area contributed by atoms with Crippen LogP contribution >= 0.6 is 0 Å². The SMILES string of the molecule is CCCCCCCCCCOc1ccc(-c2ccc(C3(C=O)[CH]CC(CCCCCCC)CC3)cc2)cc1. The number of carbonyl (C=O) groups is 1. The summed E-state index contributed by atoms with van der Waals surface area (Å²) in [7, 11) is 0. The lowest BCUT2D eigenvalue weighted by atomic mass is 9.66. The third kappa shape index (κ3) is 9.90. The van der Waals surface area contributed by atoms with Crippen LogP contribution in [0, 0.1) is 12.3 Å². The van der Waals surface area contributed by atoms with Gasteiger partial charge in [0, 0.05) is 0 Å². The van der Waals surface area contributed by atoms with Gasteiger partial charge in [0.2, 0.25) is 0 Å². The number of rotatable bonds is 19. The zero-order valence-electron chi connectivity index (χ0n) is 24.4. The summed E-state index contributed by atoms with van der Waals surface area (Å²) in [5.74, 6) is 1.70. The Hall–Kier alpha value is -2.09. The molecule has 0 aliphatic heterocycles. The molecule has 0 spiro atoms. The first-order valence-electron chi connectivity index (χ1n) is 15.8. The third-order valence-electron chi connectivity index (χ3n) is 8.58. The molecule has 0 heterocycles. The van der Waals surface area contributed by atoms with Crippen molar-refractivity contribution in [2.75, 3.05) is 6.61 Å². The zero-order valence-corrected chi connectivity index (χ0v) is 24.4. The van der Waals surface area contributed by atoms with Gasteiger partial charge in [-0.2, -0.15) is 0 Å². The van der Waals surface area contributed by atoms with Crippen molar-refractivity contribution in [1.29, 1.82) is 0 Å². The highest BCUT2D eigenvalue weighted by Crippen LogP contribution is 2.41. The van der Waals surface area contributed by atoms with Gasteiger partial charge in [0.05, 0.1) is 12.0 Å². The summed E-state index contributed by atoms with van der Waals surface area (Å²) in [6, 6.07) is 17.1. The quantitative estimate of drug-likeness (QED) is 0.137. The molecule has 2 heteroatoms. The molecule has 0 bridgehead atoms. The van der Waals surface area contributed by atoms with Gasteiger partial charge in [0.25, 0.3) is 0 Å². The average Bonchev–Trinajstić information content (AvgIpc) is 2.97. The van der Waals surface area contributed by atoms with Crippen LogP contribution in [0.3, 0.4) is 0 Å². The Morgan fingerprint density at radius 1 is 0.737 bits per heavy atom. The van der Waals surface area contributed by atoms with Crippen molar-refractivity contribution in [1.82, 2.24) is 0 Å². The van der Waals surface area contributed by atoms with Gasteiger partial charge in [-0.1, -0.05) is 134 Å². The van der Waals surface area contributed by atoms with Gasteiger partial charge in [-0.25, -0.2) is 0 Å². The van der Waals surface area contributed by atoms with Crippen LogP contribution in [0.4, 0.5) is 0 Å². The van der Waals surface area contributed by atoms with E-state index in [4.69, 9.17) is 4.74 Å². The molecule has 1 aliphatic rings. The molecule has 3 rings (SSSR count). The van der Waals surface area contributed by atoms with E-state index < -0.39 is 5.41 Å². The van der Waals surface area contributed by atoms with Gasteiger partial charge in [0.1, 0.15) is 12.0 Å². The first-order valence-corrected chi connectivity index (χ1v) is 15.8. The number of aldehydes is 1. The lowest BCUT2D eigenvalue weighted by Crippen LogP contribution is -2.34. The minimum Gasteiger partial charge on any atom is -0.494 e. The molecule has 209 valence electrons. The standard InChI is InChI=1S/C36H53O2/c1-3-5-7-9-10-11-13-15-29-38-35-23-19-33(20-24-35)32-17-21-34(22-18-32)36(30-37)27-25-31(26-28-36)16-14-12-8-6-4-2/h17-24,27,30-31H,3-16,25-26,28-29H2,1-2H3. The molecule has 0 amide bonds. The molecule has 1 radical (unpaired) electrons. The second-order valence-corrected chi connectivity index (χ2v) is 11.6. The fourth-order valence-electron chi connectivity index (χ4n) is 5.92. The first-order chi connectivity index (χ1) is 18.7. The Labute approximate surface area is 234 Å². The maximum absolute atomic E-state index is 12.3. The largest absolute Gasteiger partial charge is 0.494 e. The Balaban J connectivity index is 1.41. The maximum atomic E-state index is 12.3. The van der Waals surface area contributed by atoms with Crippen LogP contribution in [-0.2, 0) is 10.2 Å². The van der Waals surface area contributed by atoms with E-state index in [9.17, 15) is 4.79 Å². The summed E-state index contributed by atoms with van der Waals surface area (Å²) < 4.78 is 5.98. The Morgan fingerprint density at radius 2 is 1.29 bits per heavy atom. The molecule has 1 saturated carbocycles. The van der Waals surface area contributed by atoms with E-state index in [1.54, 1.807) is 0 Å². The van der Waals surface area contributed by atoms with Crippen molar-refractivity contribution in [3.63, 3.8) is 0 Å². The van der Waals surface area contributed by atoms with Crippen molar-refractivity contribution in [2.45, 2.75) is 128 Å². The molecule has 38 heavy (non-hydrogen) atoms. The number of hydrogen-bond acceptors (Lipinski definition) is 2. The van der Waals surface area contributed by atoms with Crippen molar-refractivity contribution in [3.8, 4) is 16.9 Å². The monoisotopic (exact) mass is 517 g/mol. The van der Waals surface area contributed by atoms with Crippen LogP contribution < -0.4 is 4.74 Å². The first kappa shape index (κ1) is 30.5. The van der Waals surface area contributed by atoms with Gasteiger partial charge in [0.15, 0.2) is 0 Å². The number of ether oxygens (including phenoxy) is 1. The fourth-order valence-corrected chi connectivity index (χ4v) is 5.92. The average molecular weight is 518 g/mol. The third-order valence-corrected chi connectivity index (χ3v) is 8.58. The van der Waals surface area contributed by atoms with E-state index >= 15 is 0 Å². The van der Waals surface area contributed by atoms with E-state index in [-0.39, 0.29) is 0 Å². The van der Waals surface area contributed by atoms with Crippen molar-refractivity contribution in [2.24, 2.45) is 5.92 Å². The molecule has 0 aromatic heterocycles. The predicted octanol–water partition coefficient (Wildman–Crippen LogP) is 10.7. The lowest BCUT2D eigenvalue weighted by Gasteiger charge is -2.36. The summed E-state index contributed by atoms with van der Waals surface area (Å²) in [6.07, 6.45) is 25.2. The van der Waals surface area contributed by atoms with Crippen LogP contribution in [0.1, 0.15) is 129 Å². The summed E-state index contributed by atoms with van der Waals surface area (Å²) in [6.45, 7) is 5.34. The second kappa shape index (κ2) is 17.5. The Morgan fingerprint density at radius 3 is 1.84 bits per heavy atom. The van der Waals surface area contributed by atoms with Crippen molar-refractivity contribution in [3.05, 3.63) is 60.5 Å². The molecular formula is C36H53O2. The van der Waals surface area contributed by atoms with Gasteiger partial charge in [-0.15, -0.1) is 0 Å². The fraction of sp³-hybridized carbons (Fsp3) is 0.611. The molecule has 2 aromatic rings. The molecule has 2 aromatic carbocycles. The topological polar surface area (TPSA) is 26.3 Å². The highest BCUT2D eigenvalue weighted by atomic mass is 16.5. The smallest absolute Gasteiger partial charge is 0.130 e. The van der Waals surface area contributed by atoms with E-state index in [0.717, 1.165) is 49.5 Å². The molecule has 2 atom stereocenters. The molecule has 2 nitrogen and oxygen atoms in total. The van der Waals surface area contributed by atoms with Crippen molar-refractivity contribution < 1.29 is 9.53 Å². The summed E-state index contributed by atoms with van der Waals surface area (Å²) in [5.41, 5.74) is 3.10. The number of hydrogen-bond donors (Lipinski definition) is 0.